The van der Waals surface area contributed by atoms with Crippen molar-refractivity contribution in [2.24, 2.45) is 5.41 Å². The van der Waals surface area contributed by atoms with Gasteiger partial charge < -0.3 is 0 Å². The Bertz CT molecular complexity index is 356. The van der Waals surface area contributed by atoms with Crippen molar-refractivity contribution in [2.45, 2.75) is 39.0 Å². The molecular formula is C11H14N2S. The van der Waals surface area contributed by atoms with Crippen molar-refractivity contribution in [3.8, 4) is 6.07 Å². The molecule has 0 unspecified atom stereocenters. The molecule has 0 atom stereocenters. The SMILES string of the molecule is Cc1nc(CC2(C#N)CCCC2)cs1. The highest BCUT2D eigenvalue weighted by Crippen LogP contribution is 2.40. The smallest absolute Gasteiger partial charge is 0.0897 e. The van der Waals surface area contributed by atoms with Crippen LogP contribution in [-0.2, 0) is 6.42 Å². The number of rotatable bonds is 2. The second kappa shape index (κ2) is 3.70. The topological polar surface area (TPSA) is 36.7 Å². The lowest BCUT2D eigenvalue weighted by molar-refractivity contribution is 0.404. The molecule has 0 aromatic carbocycles. The number of nitrogens with zero attached hydrogens (tertiary/aromatic N) is 2. The summed E-state index contributed by atoms with van der Waals surface area (Å²) in [6.45, 7) is 2.02. The molecule has 1 aromatic heterocycles. The zero-order chi connectivity index (χ0) is 10.0. The van der Waals surface area contributed by atoms with Crippen LogP contribution in [0.25, 0.3) is 0 Å². The van der Waals surface area contributed by atoms with Crippen molar-refractivity contribution in [2.75, 3.05) is 0 Å². The van der Waals surface area contributed by atoms with E-state index < -0.39 is 0 Å². The largest absolute Gasteiger partial charge is 0.247 e. The summed E-state index contributed by atoms with van der Waals surface area (Å²) >= 11 is 1.68. The number of hydrogen-bond donors (Lipinski definition) is 0. The van der Waals surface area contributed by atoms with Gasteiger partial charge in [0, 0.05) is 11.8 Å². The zero-order valence-electron chi connectivity index (χ0n) is 8.42. The molecule has 0 N–H and O–H groups in total. The van der Waals surface area contributed by atoms with Crippen LogP contribution in [0.1, 0.15) is 36.4 Å². The van der Waals surface area contributed by atoms with Crippen molar-refractivity contribution in [1.82, 2.24) is 4.98 Å². The molecular weight excluding hydrogens is 192 g/mol. The van der Waals surface area contributed by atoms with Gasteiger partial charge in [0.15, 0.2) is 0 Å². The van der Waals surface area contributed by atoms with E-state index in [4.69, 9.17) is 0 Å². The predicted molar refractivity (Wildman–Crippen MR) is 57.1 cm³/mol. The average molecular weight is 206 g/mol. The van der Waals surface area contributed by atoms with E-state index in [1.807, 2.05) is 6.92 Å². The summed E-state index contributed by atoms with van der Waals surface area (Å²) in [5.74, 6) is 0. The number of aromatic nitrogens is 1. The number of thiazole rings is 1. The zero-order valence-corrected chi connectivity index (χ0v) is 9.23. The Morgan fingerprint density at radius 3 is 2.79 bits per heavy atom. The third-order valence-corrected chi connectivity index (χ3v) is 3.81. The number of nitriles is 1. The molecule has 0 saturated heterocycles. The van der Waals surface area contributed by atoms with Gasteiger partial charge in [-0.2, -0.15) is 5.26 Å². The van der Waals surface area contributed by atoms with E-state index in [-0.39, 0.29) is 5.41 Å². The highest BCUT2D eigenvalue weighted by Gasteiger charge is 2.34. The molecule has 1 aliphatic carbocycles. The van der Waals surface area contributed by atoms with Gasteiger partial charge in [-0.25, -0.2) is 4.98 Å². The molecule has 1 aliphatic rings. The molecule has 2 rings (SSSR count). The summed E-state index contributed by atoms with van der Waals surface area (Å²) in [5.41, 5.74) is 1.01. The minimum atomic E-state index is -0.0967. The fraction of sp³-hybridized carbons (Fsp3) is 0.636. The quantitative estimate of drug-likeness (QED) is 0.745. The maximum atomic E-state index is 9.21. The molecule has 0 radical (unpaired) electrons. The van der Waals surface area contributed by atoms with Crippen molar-refractivity contribution >= 4 is 11.3 Å². The first-order valence-electron chi connectivity index (χ1n) is 5.06. The Balaban J connectivity index is 2.13. The Kier molecular flexibility index (Phi) is 2.56. The summed E-state index contributed by atoms with van der Waals surface area (Å²) < 4.78 is 0. The van der Waals surface area contributed by atoms with Gasteiger partial charge in [-0.15, -0.1) is 11.3 Å². The second-order valence-electron chi connectivity index (χ2n) is 4.13. The van der Waals surface area contributed by atoms with E-state index >= 15 is 0 Å². The van der Waals surface area contributed by atoms with E-state index in [1.165, 1.54) is 12.8 Å². The summed E-state index contributed by atoms with van der Waals surface area (Å²) in [6.07, 6.45) is 5.38. The molecule has 1 saturated carbocycles. The summed E-state index contributed by atoms with van der Waals surface area (Å²) in [5, 5.41) is 12.4. The van der Waals surface area contributed by atoms with Gasteiger partial charge in [0.2, 0.25) is 0 Å². The summed E-state index contributed by atoms with van der Waals surface area (Å²) in [4.78, 5) is 4.43. The van der Waals surface area contributed by atoms with E-state index in [1.54, 1.807) is 11.3 Å². The third kappa shape index (κ3) is 1.80. The van der Waals surface area contributed by atoms with Gasteiger partial charge in [0.05, 0.1) is 22.2 Å². The van der Waals surface area contributed by atoms with Crippen LogP contribution in [0.2, 0.25) is 0 Å². The summed E-state index contributed by atoms with van der Waals surface area (Å²) in [7, 11) is 0. The molecule has 74 valence electrons. The lowest BCUT2D eigenvalue weighted by Crippen LogP contribution is -2.17. The molecule has 14 heavy (non-hydrogen) atoms. The van der Waals surface area contributed by atoms with Crippen LogP contribution >= 0.6 is 11.3 Å². The first-order valence-corrected chi connectivity index (χ1v) is 5.94. The van der Waals surface area contributed by atoms with Crippen LogP contribution in [0.5, 0.6) is 0 Å². The highest BCUT2D eigenvalue weighted by molar-refractivity contribution is 7.09. The van der Waals surface area contributed by atoms with Crippen LogP contribution in [0, 0.1) is 23.7 Å². The summed E-state index contributed by atoms with van der Waals surface area (Å²) in [6, 6.07) is 2.50. The van der Waals surface area contributed by atoms with Crippen LogP contribution in [0.3, 0.4) is 0 Å². The van der Waals surface area contributed by atoms with Crippen LogP contribution in [-0.4, -0.2) is 4.98 Å². The van der Waals surface area contributed by atoms with Crippen molar-refractivity contribution in [1.29, 1.82) is 5.26 Å². The molecule has 1 heterocycles. The van der Waals surface area contributed by atoms with E-state index in [0.717, 1.165) is 30.0 Å². The van der Waals surface area contributed by atoms with Gasteiger partial charge >= 0.3 is 0 Å². The molecule has 1 fully saturated rings. The normalized spacial score (nSPS) is 19.4. The van der Waals surface area contributed by atoms with Gasteiger partial charge in [-0.05, 0) is 19.8 Å². The monoisotopic (exact) mass is 206 g/mol. The van der Waals surface area contributed by atoms with Crippen molar-refractivity contribution < 1.29 is 0 Å². The molecule has 0 aliphatic heterocycles. The Morgan fingerprint density at radius 1 is 1.57 bits per heavy atom. The van der Waals surface area contributed by atoms with Crippen molar-refractivity contribution in [3.05, 3.63) is 16.1 Å². The third-order valence-electron chi connectivity index (χ3n) is 2.98. The molecule has 2 nitrogen and oxygen atoms in total. The predicted octanol–water partition coefficient (Wildman–Crippen LogP) is 3.08. The van der Waals surface area contributed by atoms with Gasteiger partial charge in [-0.1, -0.05) is 12.8 Å². The highest BCUT2D eigenvalue weighted by atomic mass is 32.1. The molecule has 3 heteroatoms. The number of aryl methyl sites for hydroxylation is 1. The van der Waals surface area contributed by atoms with Crippen LogP contribution < -0.4 is 0 Å². The molecule has 0 bridgehead atoms. The van der Waals surface area contributed by atoms with E-state index in [2.05, 4.69) is 16.4 Å². The van der Waals surface area contributed by atoms with E-state index in [9.17, 15) is 5.26 Å². The lowest BCUT2D eigenvalue weighted by atomic mass is 9.83. The molecule has 0 spiro atoms. The Morgan fingerprint density at radius 2 is 2.29 bits per heavy atom. The maximum Gasteiger partial charge on any atom is 0.0897 e. The van der Waals surface area contributed by atoms with Gasteiger partial charge in [0.25, 0.3) is 0 Å². The Hall–Kier alpha value is -0.880. The van der Waals surface area contributed by atoms with Crippen molar-refractivity contribution in [3.63, 3.8) is 0 Å². The number of hydrogen-bond acceptors (Lipinski definition) is 3. The fourth-order valence-corrected chi connectivity index (χ4v) is 2.83. The molecule has 1 aromatic rings. The standard InChI is InChI=1S/C11H14N2S/c1-9-13-10(7-14-9)6-11(8-12)4-2-3-5-11/h7H,2-6H2,1H3. The first kappa shape index (κ1) is 9.67. The minimum absolute atomic E-state index is 0.0967. The lowest BCUT2D eigenvalue weighted by Gasteiger charge is -2.18. The average Bonchev–Trinajstić information content (AvgIpc) is 2.77. The van der Waals surface area contributed by atoms with Gasteiger partial charge in [-0.3, -0.25) is 0 Å². The van der Waals surface area contributed by atoms with Crippen LogP contribution in [0.4, 0.5) is 0 Å². The van der Waals surface area contributed by atoms with E-state index in [0.29, 0.717) is 0 Å². The fourth-order valence-electron chi connectivity index (χ4n) is 2.22. The van der Waals surface area contributed by atoms with Gasteiger partial charge in [0.1, 0.15) is 0 Å². The first-order chi connectivity index (χ1) is 6.74. The maximum absolute atomic E-state index is 9.21. The minimum Gasteiger partial charge on any atom is -0.247 e. The second-order valence-corrected chi connectivity index (χ2v) is 5.20. The Labute approximate surface area is 88.6 Å². The van der Waals surface area contributed by atoms with Crippen LogP contribution in [0.15, 0.2) is 5.38 Å². The molecule has 0 amide bonds.